The minimum atomic E-state index is -0.321. The van der Waals surface area contributed by atoms with Crippen LogP contribution < -0.4 is 0 Å². The van der Waals surface area contributed by atoms with Crippen molar-refractivity contribution in [1.82, 2.24) is 4.98 Å². The molecule has 0 aliphatic heterocycles. The van der Waals surface area contributed by atoms with Crippen LogP contribution in [0.4, 0.5) is 0 Å². The molecule has 0 saturated heterocycles. The lowest BCUT2D eigenvalue weighted by Gasteiger charge is -2.24. The number of hydrogen-bond donors (Lipinski definition) is 1. The SMILES string of the molecule is COC(C)(C)CCC(O)Cc1cccnc1. The van der Waals surface area contributed by atoms with E-state index in [9.17, 15) is 5.11 Å². The van der Waals surface area contributed by atoms with E-state index in [2.05, 4.69) is 4.98 Å². The lowest BCUT2D eigenvalue weighted by molar-refractivity contribution is 0.00306. The van der Waals surface area contributed by atoms with Gasteiger partial charge in [-0.3, -0.25) is 4.98 Å². The molecule has 1 N–H and O–H groups in total. The van der Waals surface area contributed by atoms with E-state index in [1.54, 1.807) is 19.5 Å². The molecule has 0 spiro atoms. The lowest BCUT2D eigenvalue weighted by Crippen LogP contribution is -2.25. The summed E-state index contributed by atoms with van der Waals surface area (Å²) in [6, 6.07) is 3.87. The van der Waals surface area contributed by atoms with Crippen LogP contribution in [0.5, 0.6) is 0 Å². The van der Waals surface area contributed by atoms with Gasteiger partial charge in [-0.1, -0.05) is 6.07 Å². The van der Waals surface area contributed by atoms with Gasteiger partial charge in [0.15, 0.2) is 0 Å². The average molecular weight is 223 g/mol. The maximum Gasteiger partial charge on any atom is 0.0623 e. The van der Waals surface area contributed by atoms with E-state index >= 15 is 0 Å². The zero-order chi connectivity index (χ0) is 12.0. The van der Waals surface area contributed by atoms with E-state index in [4.69, 9.17) is 4.74 Å². The van der Waals surface area contributed by atoms with Crippen LogP contribution in [0.3, 0.4) is 0 Å². The summed E-state index contributed by atoms with van der Waals surface area (Å²) in [5.41, 5.74) is 0.917. The number of nitrogens with zero attached hydrogens (tertiary/aromatic N) is 1. The highest BCUT2D eigenvalue weighted by molar-refractivity contribution is 5.09. The molecule has 0 aliphatic carbocycles. The quantitative estimate of drug-likeness (QED) is 0.804. The van der Waals surface area contributed by atoms with E-state index in [0.29, 0.717) is 6.42 Å². The van der Waals surface area contributed by atoms with Crippen molar-refractivity contribution in [2.75, 3.05) is 7.11 Å². The Hall–Kier alpha value is -0.930. The molecule has 3 nitrogen and oxygen atoms in total. The number of aliphatic hydroxyl groups excluding tert-OH is 1. The van der Waals surface area contributed by atoms with Gasteiger partial charge >= 0.3 is 0 Å². The zero-order valence-corrected chi connectivity index (χ0v) is 10.3. The molecule has 0 radical (unpaired) electrons. The summed E-state index contributed by atoms with van der Waals surface area (Å²) in [7, 11) is 1.70. The molecule has 1 heterocycles. The van der Waals surface area contributed by atoms with Gasteiger partial charge in [-0.25, -0.2) is 0 Å². The largest absolute Gasteiger partial charge is 0.393 e. The third-order valence-corrected chi connectivity index (χ3v) is 2.83. The molecule has 1 rings (SSSR count). The van der Waals surface area contributed by atoms with Crippen LogP contribution in [0.15, 0.2) is 24.5 Å². The first-order valence-corrected chi connectivity index (χ1v) is 5.65. The van der Waals surface area contributed by atoms with Gasteiger partial charge in [-0.15, -0.1) is 0 Å². The minimum absolute atomic E-state index is 0.157. The second-order valence-electron chi connectivity index (χ2n) is 4.72. The first-order valence-electron chi connectivity index (χ1n) is 5.65. The fourth-order valence-electron chi connectivity index (χ4n) is 1.51. The van der Waals surface area contributed by atoms with E-state index in [-0.39, 0.29) is 11.7 Å². The molecule has 0 fully saturated rings. The number of aliphatic hydroxyl groups is 1. The summed E-state index contributed by atoms with van der Waals surface area (Å²) >= 11 is 0. The molecule has 0 aromatic carbocycles. The average Bonchev–Trinajstić information content (AvgIpc) is 2.28. The van der Waals surface area contributed by atoms with Gasteiger partial charge in [0.1, 0.15) is 0 Å². The number of methoxy groups -OCH3 is 1. The summed E-state index contributed by atoms with van der Waals surface area (Å²) in [5, 5.41) is 9.88. The number of aromatic nitrogens is 1. The Balaban J connectivity index is 2.34. The maximum atomic E-state index is 9.88. The minimum Gasteiger partial charge on any atom is -0.393 e. The highest BCUT2D eigenvalue weighted by Crippen LogP contribution is 2.18. The first-order chi connectivity index (χ1) is 7.53. The fourth-order valence-corrected chi connectivity index (χ4v) is 1.51. The van der Waals surface area contributed by atoms with Crippen LogP contribution in [-0.2, 0) is 11.2 Å². The summed E-state index contributed by atoms with van der Waals surface area (Å²) in [4.78, 5) is 4.03. The molecular weight excluding hydrogens is 202 g/mol. The molecule has 1 atom stereocenters. The van der Waals surface area contributed by atoms with Gasteiger partial charge in [0, 0.05) is 19.5 Å². The molecule has 1 aromatic rings. The van der Waals surface area contributed by atoms with Crippen molar-refractivity contribution in [3.8, 4) is 0 Å². The Morgan fingerprint density at radius 2 is 2.25 bits per heavy atom. The van der Waals surface area contributed by atoms with Crippen molar-refractivity contribution in [1.29, 1.82) is 0 Å². The van der Waals surface area contributed by atoms with Crippen LogP contribution in [-0.4, -0.2) is 28.9 Å². The van der Waals surface area contributed by atoms with Crippen LogP contribution in [0.25, 0.3) is 0 Å². The van der Waals surface area contributed by atoms with Gasteiger partial charge in [0.25, 0.3) is 0 Å². The maximum absolute atomic E-state index is 9.88. The third-order valence-electron chi connectivity index (χ3n) is 2.83. The second kappa shape index (κ2) is 5.97. The predicted molar refractivity (Wildman–Crippen MR) is 64.3 cm³/mol. The highest BCUT2D eigenvalue weighted by atomic mass is 16.5. The van der Waals surface area contributed by atoms with E-state index in [0.717, 1.165) is 18.4 Å². The van der Waals surface area contributed by atoms with Crippen LogP contribution >= 0.6 is 0 Å². The molecule has 0 bridgehead atoms. The molecular formula is C13H21NO2. The Labute approximate surface area is 97.5 Å². The van der Waals surface area contributed by atoms with E-state index in [1.807, 2.05) is 26.0 Å². The van der Waals surface area contributed by atoms with Crippen LogP contribution in [0.1, 0.15) is 32.3 Å². The normalized spacial score (nSPS) is 13.8. The van der Waals surface area contributed by atoms with Gasteiger partial charge in [-0.2, -0.15) is 0 Å². The van der Waals surface area contributed by atoms with Crippen LogP contribution in [0.2, 0.25) is 0 Å². The predicted octanol–water partition coefficient (Wildman–Crippen LogP) is 2.19. The summed E-state index contributed by atoms with van der Waals surface area (Å²) in [6.45, 7) is 4.06. The van der Waals surface area contributed by atoms with Crippen molar-refractivity contribution < 1.29 is 9.84 Å². The standard InChI is InChI=1S/C13H21NO2/c1-13(2,16-3)7-6-12(15)9-11-5-4-8-14-10-11/h4-5,8,10,12,15H,6-7,9H2,1-3H3. The molecule has 16 heavy (non-hydrogen) atoms. The van der Waals surface area contributed by atoms with Crippen molar-refractivity contribution in [2.24, 2.45) is 0 Å². The monoisotopic (exact) mass is 223 g/mol. The number of pyridine rings is 1. The van der Waals surface area contributed by atoms with Crippen LogP contribution in [0, 0.1) is 0 Å². The van der Waals surface area contributed by atoms with Gasteiger partial charge in [0.2, 0.25) is 0 Å². The number of ether oxygens (including phenoxy) is 1. The lowest BCUT2D eigenvalue weighted by atomic mass is 9.97. The molecule has 0 saturated carbocycles. The Morgan fingerprint density at radius 1 is 1.50 bits per heavy atom. The van der Waals surface area contributed by atoms with Gasteiger partial charge in [-0.05, 0) is 44.7 Å². The first kappa shape index (κ1) is 13.1. The zero-order valence-electron chi connectivity index (χ0n) is 10.3. The molecule has 1 aromatic heterocycles. The van der Waals surface area contributed by atoms with Gasteiger partial charge < -0.3 is 9.84 Å². The van der Waals surface area contributed by atoms with Crippen molar-refractivity contribution >= 4 is 0 Å². The van der Waals surface area contributed by atoms with Crippen molar-refractivity contribution in [3.63, 3.8) is 0 Å². The Kier molecular flexibility index (Phi) is 4.90. The van der Waals surface area contributed by atoms with Crippen molar-refractivity contribution in [3.05, 3.63) is 30.1 Å². The highest BCUT2D eigenvalue weighted by Gasteiger charge is 2.18. The molecule has 3 heteroatoms. The molecule has 0 amide bonds. The molecule has 0 aliphatic rings. The summed E-state index contributed by atoms with van der Waals surface area (Å²) < 4.78 is 5.31. The van der Waals surface area contributed by atoms with Crippen molar-refractivity contribution in [2.45, 2.75) is 44.8 Å². The van der Waals surface area contributed by atoms with Gasteiger partial charge in [0.05, 0.1) is 11.7 Å². The number of rotatable bonds is 6. The fraction of sp³-hybridized carbons (Fsp3) is 0.615. The molecule has 1 unspecified atom stereocenters. The summed E-state index contributed by atoms with van der Waals surface area (Å²) in [6.07, 6.45) is 5.47. The summed E-state index contributed by atoms with van der Waals surface area (Å²) in [5.74, 6) is 0. The Bertz CT molecular complexity index is 298. The number of hydrogen-bond acceptors (Lipinski definition) is 3. The molecule has 90 valence electrons. The second-order valence-corrected chi connectivity index (χ2v) is 4.72. The third kappa shape index (κ3) is 4.73. The Morgan fingerprint density at radius 3 is 2.81 bits per heavy atom. The topological polar surface area (TPSA) is 42.4 Å². The van der Waals surface area contributed by atoms with E-state index in [1.165, 1.54) is 0 Å². The smallest absolute Gasteiger partial charge is 0.0623 e. The van der Waals surface area contributed by atoms with E-state index < -0.39 is 0 Å².